The number of carbonyl (C=O) groups is 1. The van der Waals surface area contributed by atoms with Gasteiger partial charge >= 0.3 is 6.09 Å². The van der Waals surface area contributed by atoms with Crippen LogP contribution in [0.1, 0.15) is 36.6 Å². The molecule has 1 aromatic rings. The lowest BCUT2D eigenvalue weighted by Gasteiger charge is -2.40. The number of likely N-dealkylation sites (tertiary alicyclic amines) is 2. The first-order valence-corrected chi connectivity index (χ1v) is 8.23. The van der Waals surface area contributed by atoms with Crippen LogP contribution in [-0.4, -0.2) is 58.2 Å². The maximum absolute atomic E-state index is 10.9. The summed E-state index contributed by atoms with van der Waals surface area (Å²) in [5, 5.41) is 12.3. The van der Waals surface area contributed by atoms with E-state index in [1.54, 1.807) is 16.2 Å². The van der Waals surface area contributed by atoms with Crippen molar-refractivity contribution in [2.75, 3.05) is 26.2 Å². The van der Waals surface area contributed by atoms with Crippen LogP contribution in [0, 0.1) is 0 Å². The highest BCUT2D eigenvalue weighted by molar-refractivity contribution is 7.09. The predicted octanol–water partition coefficient (Wildman–Crippen LogP) is 2.46. The van der Waals surface area contributed by atoms with Crippen LogP contribution in [0.5, 0.6) is 0 Å². The molecule has 1 aromatic heterocycles. The van der Waals surface area contributed by atoms with Crippen LogP contribution < -0.4 is 0 Å². The third-order valence-corrected chi connectivity index (χ3v) is 5.52. The topological polar surface area (TPSA) is 56.7 Å². The molecule has 0 bridgehead atoms. The number of carboxylic acid groups (broad SMARTS) is 1. The minimum atomic E-state index is -0.772. The number of hydrogen-bond donors (Lipinski definition) is 1. The average molecular weight is 295 g/mol. The van der Waals surface area contributed by atoms with Gasteiger partial charge in [-0.25, -0.2) is 9.78 Å². The van der Waals surface area contributed by atoms with Gasteiger partial charge in [-0.1, -0.05) is 0 Å². The van der Waals surface area contributed by atoms with E-state index < -0.39 is 6.09 Å². The Balaban J connectivity index is 1.48. The van der Waals surface area contributed by atoms with E-state index in [0.29, 0.717) is 25.0 Å². The van der Waals surface area contributed by atoms with Gasteiger partial charge in [-0.05, 0) is 38.8 Å². The molecule has 110 valence electrons. The first-order valence-electron chi connectivity index (χ1n) is 7.35. The van der Waals surface area contributed by atoms with Crippen molar-refractivity contribution in [3.63, 3.8) is 0 Å². The molecule has 0 aliphatic carbocycles. The molecule has 1 N–H and O–H groups in total. The van der Waals surface area contributed by atoms with Crippen molar-refractivity contribution in [2.24, 2.45) is 0 Å². The minimum absolute atomic E-state index is 0.572. The summed E-state index contributed by atoms with van der Waals surface area (Å²) in [5.74, 6) is 0.630. The smallest absolute Gasteiger partial charge is 0.407 e. The van der Waals surface area contributed by atoms with Crippen molar-refractivity contribution in [3.8, 4) is 0 Å². The van der Waals surface area contributed by atoms with Gasteiger partial charge in [0, 0.05) is 36.6 Å². The van der Waals surface area contributed by atoms with Gasteiger partial charge in [0.25, 0.3) is 0 Å². The van der Waals surface area contributed by atoms with Gasteiger partial charge in [-0.15, -0.1) is 11.3 Å². The summed E-state index contributed by atoms with van der Waals surface area (Å²) in [7, 11) is 0. The monoisotopic (exact) mass is 295 g/mol. The van der Waals surface area contributed by atoms with E-state index in [-0.39, 0.29) is 0 Å². The molecule has 3 rings (SSSR count). The van der Waals surface area contributed by atoms with E-state index >= 15 is 0 Å². The fourth-order valence-electron chi connectivity index (χ4n) is 3.37. The number of rotatable bonds is 2. The van der Waals surface area contributed by atoms with E-state index in [4.69, 9.17) is 5.11 Å². The molecule has 0 radical (unpaired) electrons. The Morgan fingerprint density at radius 3 is 2.45 bits per heavy atom. The second-order valence-electron chi connectivity index (χ2n) is 5.68. The molecule has 5 nitrogen and oxygen atoms in total. The van der Waals surface area contributed by atoms with Crippen molar-refractivity contribution < 1.29 is 9.90 Å². The normalized spacial score (nSPS) is 23.1. The number of piperidine rings is 2. The van der Waals surface area contributed by atoms with Gasteiger partial charge in [0.2, 0.25) is 0 Å². The second-order valence-corrected chi connectivity index (χ2v) is 6.61. The molecule has 0 unspecified atom stereocenters. The van der Waals surface area contributed by atoms with Crippen LogP contribution in [0.3, 0.4) is 0 Å². The highest BCUT2D eigenvalue weighted by Gasteiger charge is 2.30. The van der Waals surface area contributed by atoms with E-state index in [1.165, 1.54) is 17.8 Å². The van der Waals surface area contributed by atoms with Crippen LogP contribution in [-0.2, 0) is 0 Å². The lowest BCUT2D eigenvalue weighted by atomic mass is 9.94. The zero-order valence-corrected chi connectivity index (χ0v) is 12.4. The fraction of sp³-hybridized carbons (Fsp3) is 0.714. The number of thiazole rings is 1. The van der Waals surface area contributed by atoms with Crippen molar-refractivity contribution in [1.29, 1.82) is 0 Å². The van der Waals surface area contributed by atoms with Crippen LogP contribution in [0.15, 0.2) is 11.6 Å². The van der Waals surface area contributed by atoms with Gasteiger partial charge < -0.3 is 14.9 Å². The highest BCUT2D eigenvalue weighted by Crippen LogP contribution is 2.31. The molecule has 0 spiro atoms. The van der Waals surface area contributed by atoms with E-state index in [0.717, 1.165) is 25.9 Å². The van der Waals surface area contributed by atoms with Crippen molar-refractivity contribution >= 4 is 17.4 Å². The first kappa shape index (κ1) is 13.8. The Morgan fingerprint density at radius 2 is 1.90 bits per heavy atom. The van der Waals surface area contributed by atoms with Crippen LogP contribution in [0.4, 0.5) is 4.79 Å². The van der Waals surface area contributed by atoms with E-state index in [9.17, 15) is 4.79 Å². The molecule has 3 heterocycles. The quantitative estimate of drug-likeness (QED) is 0.910. The van der Waals surface area contributed by atoms with Crippen LogP contribution >= 0.6 is 11.3 Å². The molecule has 0 saturated carbocycles. The lowest BCUT2D eigenvalue weighted by molar-refractivity contribution is 0.0812. The second kappa shape index (κ2) is 6.10. The molecule has 2 saturated heterocycles. The summed E-state index contributed by atoms with van der Waals surface area (Å²) in [6.07, 6.45) is 5.46. The predicted molar refractivity (Wildman–Crippen MR) is 78.3 cm³/mol. The number of hydrogen-bond acceptors (Lipinski definition) is 4. The third kappa shape index (κ3) is 2.96. The van der Waals surface area contributed by atoms with Crippen molar-refractivity contribution in [1.82, 2.24) is 14.8 Å². The van der Waals surface area contributed by atoms with Gasteiger partial charge in [0.05, 0.1) is 5.01 Å². The molecular weight excluding hydrogens is 274 g/mol. The minimum Gasteiger partial charge on any atom is -0.465 e. The number of amides is 1. The first-order chi connectivity index (χ1) is 9.74. The van der Waals surface area contributed by atoms with Gasteiger partial charge in [0.15, 0.2) is 0 Å². The number of aromatic nitrogens is 1. The molecule has 2 fully saturated rings. The Kier molecular flexibility index (Phi) is 4.21. The Labute approximate surface area is 123 Å². The maximum Gasteiger partial charge on any atom is 0.407 e. The molecule has 20 heavy (non-hydrogen) atoms. The molecular formula is C14H21N3O2S. The molecule has 6 heteroatoms. The molecule has 2 aliphatic rings. The van der Waals surface area contributed by atoms with Crippen LogP contribution in [0.25, 0.3) is 0 Å². The zero-order chi connectivity index (χ0) is 13.9. The molecule has 0 atom stereocenters. The van der Waals surface area contributed by atoms with Crippen molar-refractivity contribution in [3.05, 3.63) is 16.6 Å². The molecule has 2 aliphatic heterocycles. The fourth-order valence-corrected chi connectivity index (χ4v) is 4.18. The van der Waals surface area contributed by atoms with E-state index in [2.05, 4.69) is 15.3 Å². The maximum atomic E-state index is 10.9. The summed E-state index contributed by atoms with van der Waals surface area (Å²) < 4.78 is 0. The average Bonchev–Trinajstić information content (AvgIpc) is 3.02. The summed E-state index contributed by atoms with van der Waals surface area (Å²) in [6.45, 7) is 3.63. The summed E-state index contributed by atoms with van der Waals surface area (Å²) >= 11 is 1.77. The van der Waals surface area contributed by atoms with Crippen LogP contribution in [0.2, 0.25) is 0 Å². The summed E-state index contributed by atoms with van der Waals surface area (Å²) in [6, 6.07) is 0.572. The van der Waals surface area contributed by atoms with Crippen molar-refractivity contribution in [2.45, 2.75) is 37.6 Å². The third-order valence-electron chi connectivity index (χ3n) is 4.58. The SMILES string of the molecule is O=C(O)N1CCC(N2CCC(c3nccs3)CC2)CC1. The Hall–Kier alpha value is -1.14. The molecule has 0 aromatic carbocycles. The number of nitrogens with zero attached hydrogens (tertiary/aromatic N) is 3. The molecule has 1 amide bonds. The van der Waals surface area contributed by atoms with E-state index in [1.807, 2.05) is 6.20 Å². The largest absolute Gasteiger partial charge is 0.465 e. The van der Waals surface area contributed by atoms with Gasteiger partial charge in [-0.3, -0.25) is 0 Å². The lowest BCUT2D eigenvalue weighted by Crippen LogP contribution is -2.48. The summed E-state index contributed by atoms with van der Waals surface area (Å²) in [4.78, 5) is 19.5. The zero-order valence-electron chi connectivity index (χ0n) is 11.6. The summed E-state index contributed by atoms with van der Waals surface area (Å²) in [5.41, 5.74) is 0. The van der Waals surface area contributed by atoms with Gasteiger partial charge in [-0.2, -0.15) is 0 Å². The Morgan fingerprint density at radius 1 is 1.20 bits per heavy atom. The Bertz CT molecular complexity index is 435. The standard InChI is InChI=1S/C14H21N3O2S/c18-14(19)17-8-3-12(4-9-17)16-6-1-11(2-7-16)13-15-5-10-20-13/h5,10-12H,1-4,6-9H2,(H,18,19). The highest BCUT2D eigenvalue weighted by atomic mass is 32.1. The van der Waals surface area contributed by atoms with Gasteiger partial charge in [0.1, 0.15) is 0 Å².